The molecule has 0 spiro atoms. The van der Waals surface area contributed by atoms with E-state index < -0.39 is 58.4 Å². The average molecular weight is 610 g/mol. The van der Waals surface area contributed by atoms with Gasteiger partial charge in [-0.05, 0) is 75.1 Å². The highest BCUT2D eigenvalue weighted by Gasteiger charge is 2.56. The topological polar surface area (TPSA) is 186 Å². The van der Waals surface area contributed by atoms with E-state index in [-0.39, 0.29) is 53.9 Å². The van der Waals surface area contributed by atoms with Crippen molar-refractivity contribution in [1.82, 2.24) is 10.2 Å². The maximum Gasteiger partial charge on any atom is 0.255 e. The first-order valence-corrected chi connectivity index (χ1v) is 15.1. The molecule has 0 saturated heterocycles. The number of phenols is 1. The number of aliphatic hydroxyl groups is 2. The fourth-order valence-corrected chi connectivity index (χ4v) is 7.86. The van der Waals surface area contributed by atoms with Crippen molar-refractivity contribution in [1.29, 1.82) is 0 Å². The van der Waals surface area contributed by atoms with E-state index in [2.05, 4.69) is 24.5 Å². The number of Topliss-reactive ketones (excluding diaryl/α,β-unsaturated/α-hetero) is 2. The van der Waals surface area contributed by atoms with Crippen molar-refractivity contribution < 1.29 is 34.5 Å². The van der Waals surface area contributed by atoms with Gasteiger partial charge in [0.1, 0.15) is 22.8 Å². The molecule has 0 aliphatic heterocycles. The Morgan fingerprint density at radius 1 is 1.00 bits per heavy atom. The maximum atomic E-state index is 14.0. The second-order valence-corrected chi connectivity index (χ2v) is 13.4. The summed E-state index contributed by atoms with van der Waals surface area (Å²) < 4.78 is 0. The van der Waals surface area contributed by atoms with E-state index in [1.165, 1.54) is 0 Å². The Kier molecular flexibility index (Phi) is 8.27. The van der Waals surface area contributed by atoms with Gasteiger partial charge < -0.3 is 36.6 Å². The molecule has 0 heterocycles. The number of likely N-dealkylation sites (N-methyl/N-ethyl adjacent to an activating group) is 1. The third-order valence-corrected chi connectivity index (χ3v) is 10.1. The summed E-state index contributed by atoms with van der Waals surface area (Å²) in [6.07, 6.45) is 2.49. The monoisotopic (exact) mass is 609 g/mol. The van der Waals surface area contributed by atoms with Crippen molar-refractivity contribution in [3.05, 3.63) is 34.1 Å². The lowest BCUT2D eigenvalue weighted by atomic mass is 9.59. The van der Waals surface area contributed by atoms with E-state index in [0.717, 1.165) is 12.8 Å². The molecule has 5 rings (SSSR count). The number of aromatic hydroxyl groups is 1. The van der Waals surface area contributed by atoms with Crippen LogP contribution in [-0.2, 0) is 25.6 Å². The van der Waals surface area contributed by atoms with E-state index in [4.69, 9.17) is 5.73 Å². The molecule has 2 saturated carbocycles. The number of carbonyl (C=O) groups is 4. The van der Waals surface area contributed by atoms with Crippen molar-refractivity contribution in [3.63, 3.8) is 0 Å². The molecule has 12 heteroatoms. The van der Waals surface area contributed by atoms with Gasteiger partial charge >= 0.3 is 0 Å². The van der Waals surface area contributed by atoms with Gasteiger partial charge in [0.25, 0.3) is 5.91 Å². The third-order valence-electron chi connectivity index (χ3n) is 10.1. The van der Waals surface area contributed by atoms with Gasteiger partial charge in [-0.1, -0.05) is 13.8 Å². The number of aliphatic hydroxyl groups excluding tert-OH is 2. The zero-order chi connectivity index (χ0) is 32.4. The summed E-state index contributed by atoms with van der Waals surface area (Å²) in [4.78, 5) is 56.0. The van der Waals surface area contributed by atoms with Gasteiger partial charge in [0.15, 0.2) is 11.6 Å². The smallest absolute Gasteiger partial charge is 0.255 e. The van der Waals surface area contributed by atoms with E-state index >= 15 is 0 Å². The molecule has 1 aromatic rings. The number of rotatable bonds is 7. The second-order valence-electron chi connectivity index (χ2n) is 13.4. The molecule has 1 aromatic carbocycles. The number of benzene rings is 1. The van der Waals surface area contributed by atoms with Crippen LogP contribution in [0.5, 0.6) is 5.75 Å². The van der Waals surface area contributed by atoms with E-state index in [0.29, 0.717) is 23.1 Å². The highest BCUT2D eigenvalue weighted by atomic mass is 16.3. The number of fused-ring (bicyclic) bond motifs is 3. The fourth-order valence-electron chi connectivity index (χ4n) is 7.86. The molecule has 2 fully saturated rings. The summed E-state index contributed by atoms with van der Waals surface area (Å²) in [5.41, 5.74) is 6.18. The third kappa shape index (κ3) is 5.13. The lowest BCUT2D eigenvalue weighted by Crippen LogP contribution is -2.55. The molecule has 238 valence electrons. The minimum absolute atomic E-state index is 0.00978. The number of amides is 2. The van der Waals surface area contributed by atoms with Gasteiger partial charge in [0, 0.05) is 31.4 Å². The minimum Gasteiger partial charge on any atom is -0.510 e. The van der Waals surface area contributed by atoms with Crippen LogP contribution in [0.1, 0.15) is 44.2 Å². The number of primary amides is 1. The summed E-state index contributed by atoms with van der Waals surface area (Å²) in [6, 6.07) is 1.07. The molecule has 7 N–H and O–H groups in total. The number of carbonyl (C=O) groups excluding carboxylic acids is 4. The molecule has 0 bridgehead atoms. The Hall–Kier alpha value is -3.90. The second kappa shape index (κ2) is 11.6. The quantitative estimate of drug-likeness (QED) is 0.151. The zero-order valence-corrected chi connectivity index (χ0v) is 26.1. The van der Waals surface area contributed by atoms with Gasteiger partial charge in [0.2, 0.25) is 5.91 Å². The van der Waals surface area contributed by atoms with Crippen LogP contribution >= 0.6 is 0 Å². The average Bonchev–Trinajstić information content (AvgIpc) is 3.24. The van der Waals surface area contributed by atoms with Gasteiger partial charge in [0.05, 0.1) is 29.8 Å². The number of nitrogens with two attached hydrogens (primary N) is 1. The zero-order valence-electron chi connectivity index (χ0n) is 26.1. The normalized spacial score (nSPS) is 29.8. The fraction of sp³-hybridized carbons (Fsp3) is 0.562. The SMILES string of the molecule is CC1CC(NCC(=O)Nc2cc(N(C)C)c3c(c2O)C(O)=C2C(=O)C4C(=O)C(C(N)=O)=C(O)[C@@H](N(C)C)[C@@H]4C[C@@H]2C3)CC1C. The first kappa shape index (κ1) is 31.5. The van der Waals surface area contributed by atoms with Crippen LogP contribution in [0, 0.1) is 29.6 Å². The van der Waals surface area contributed by atoms with Crippen molar-refractivity contribution in [3.8, 4) is 5.75 Å². The first-order valence-electron chi connectivity index (χ1n) is 15.1. The molecule has 44 heavy (non-hydrogen) atoms. The van der Waals surface area contributed by atoms with Gasteiger partial charge in [-0.25, -0.2) is 0 Å². The highest BCUT2D eigenvalue weighted by Crippen LogP contribution is 2.53. The summed E-state index contributed by atoms with van der Waals surface area (Å²) in [6.45, 7) is 4.45. The number of hydrogen-bond acceptors (Lipinski definition) is 10. The number of hydrogen-bond donors (Lipinski definition) is 6. The largest absolute Gasteiger partial charge is 0.510 e. The van der Waals surface area contributed by atoms with Crippen LogP contribution in [0.25, 0.3) is 5.76 Å². The highest BCUT2D eigenvalue weighted by molar-refractivity contribution is 6.28. The van der Waals surface area contributed by atoms with Crippen LogP contribution < -0.4 is 21.3 Å². The van der Waals surface area contributed by atoms with Crippen molar-refractivity contribution >= 4 is 40.5 Å². The van der Waals surface area contributed by atoms with Crippen LogP contribution in [0.3, 0.4) is 0 Å². The number of anilines is 2. The standard InChI is InChI=1S/C32H43N5O7/c1-13-7-16(8-14(13)2)34-12-21(38)35-19-11-20(36(3)4)17-9-15-10-18-24(29(41)22(15)28(40)23(17)27(19)39)30(42)25(32(33)44)31(43)26(18)37(5)6/h11,13-16,18,24,26,34,39-40,43H,7-10,12H2,1-6H3,(H2,33,44)(H,35,38)/t13?,14?,15-,16?,18+,24?,26-/m0/s1. The minimum atomic E-state index is -1.33. The Balaban J connectivity index is 1.51. The number of nitrogens with one attached hydrogen (secondary N) is 2. The predicted molar refractivity (Wildman–Crippen MR) is 165 cm³/mol. The molecule has 6 atom stereocenters. The molecule has 2 amide bonds. The van der Waals surface area contributed by atoms with Gasteiger partial charge in [-0.2, -0.15) is 0 Å². The summed E-state index contributed by atoms with van der Waals surface area (Å²) in [7, 11) is 6.96. The molecule has 0 radical (unpaired) electrons. The van der Waals surface area contributed by atoms with E-state index in [1.54, 1.807) is 44.1 Å². The lowest BCUT2D eigenvalue weighted by Gasteiger charge is -2.46. The molecular weight excluding hydrogens is 566 g/mol. The van der Waals surface area contributed by atoms with E-state index in [9.17, 15) is 34.5 Å². The molecule has 12 nitrogen and oxygen atoms in total. The molecule has 4 aliphatic rings. The lowest BCUT2D eigenvalue weighted by molar-refractivity contribution is -0.136. The van der Waals surface area contributed by atoms with Crippen molar-refractivity contribution in [2.75, 3.05) is 45.0 Å². The van der Waals surface area contributed by atoms with E-state index in [1.807, 2.05) is 0 Å². The summed E-state index contributed by atoms with van der Waals surface area (Å²) in [5.74, 6) is -5.68. The molecule has 0 aromatic heterocycles. The maximum absolute atomic E-state index is 14.0. The number of ketones is 2. The van der Waals surface area contributed by atoms with Crippen LogP contribution in [0.2, 0.25) is 0 Å². The Morgan fingerprint density at radius 2 is 1.64 bits per heavy atom. The van der Waals surface area contributed by atoms with Crippen LogP contribution in [-0.4, -0.2) is 90.4 Å². The van der Waals surface area contributed by atoms with Crippen LogP contribution in [0.4, 0.5) is 11.4 Å². The Morgan fingerprint density at radius 3 is 2.20 bits per heavy atom. The molecule has 3 unspecified atom stereocenters. The first-order chi connectivity index (χ1) is 20.6. The van der Waals surface area contributed by atoms with Gasteiger partial charge in [-0.3, -0.25) is 24.1 Å². The number of phenolic OH excluding ortho intramolecular Hbond substituents is 1. The molecule has 4 aliphatic carbocycles. The number of allylic oxidation sites excluding steroid dienone is 1. The summed E-state index contributed by atoms with van der Waals surface area (Å²) in [5, 5.41) is 40.0. The predicted octanol–water partition coefficient (Wildman–Crippen LogP) is 1.88. The molecular formula is C32H43N5O7. The Bertz CT molecular complexity index is 1490. The van der Waals surface area contributed by atoms with Gasteiger partial charge in [-0.15, -0.1) is 0 Å². The van der Waals surface area contributed by atoms with Crippen LogP contribution in [0.15, 0.2) is 23.0 Å². The van der Waals surface area contributed by atoms with Crippen molar-refractivity contribution in [2.24, 2.45) is 35.3 Å². The summed E-state index contributed by atoms with van der Waals surface area (Å²) >= 11 is 0. The number of nitrogens with zero attached hydrogens (tertiary/aromatic N) is 2. The Labute approximate surface area is 257 Å². The van der Waals surface area contributed by atoms with Crippen molar-refractivity contribution in [2.45, 2.75) is 51.6 Å².